The van der Waals surface area contributed by atoms with Gasteiger partial charge in [-0.15, -0.1) is 17.9 Å². The fourth-order valence-corrected chi connectivity index (χ4v) is 3.65. The lowest BCUT2D eigenvalue weighted by Gasteiger charge is -2.18. The van der Waals surface area contributed by atoms with Crippen molar-refractivity contribution in [2.45, 2.75) is 39.3 Å². The summed E-state index contributed by atoms with van der Waals surface area (Å²) in [5.74, 6) is 0. The zero-order valence-electron chi connectivity index (χ0n) is 11.4. The molecule has 0 radical (unpaired) electrons. The van der Waals surface area contributed by atoms with Gasteiger partial charge in [-0.1, -0.05) is 24.3 Å². The number of benzene rings is 1. The molecular weight excluding hydrogens is 238 g/mol. The number of aryl methyl sites for hydroxylation is 1. The molecule has 96 valence electrons. The van der Waals surface area contributed by atoms with Crippen molar-refractivity contribution in [3.05, 3.63) is 47.4 Å². The van der Waals surface area contributed by atoms with Crippen molar-refractivity contribution in [3.8, 4) is 0 Å². The monoisotopic (exact) mass is 259 g/mol. The molecule has 0 aliphatic heterocycles. The van der Waals surface area contributed by atoms with Gasteiger partial charge >= 0.3 is 0 Å². The average molecular weight is 259 g/mol. The molecule has 0 amide bonds. The van der Waals surface area contributed by atoms with Gasteiger partial charge in [0.2, 0.25) is 0 Å². The molecule has 0 fully saturated rings. The molecule has 0 aliphatic rings. The minimum absolute atomic E-state index is 0.400. The second kappa shape index (κ2) is 5.68. The van der Waals surface area contributed by atoms with Gasteiger partial charge in [-0.05, 0) is 44.2 Å². The zero-order valence-corrected chi connectivity index (χ0v) is 12.2. The van der Waals surface area contributed by atoms with Crippen LogP contribution in [0.25, 0.3) is 10.1 Å². The average Bonchev–Trinajstić information content (AvgIpc) is 2.68. The van der Waals surface area contributed by atoms with Gasteiger partial charge in [0.15, 0.2) is 0 Å². The molecule has 2 aromatic rings. The molecule has 0 aliphatic carbocycles. The zero-order chi connectivity index (χ0) is 13.1. The van der Waals surface area contributed by atoms with Crippen LogP contribution >= 0.6 is 11.3 Å². The number of rotatable bonds is 5. The Labute approximate surface area is 114 Å². The molecule has 1 heterocycles. The standard InChI is InChI=1S/C16H21NS/c1-5-8-11(2)17-13(4)16-12(3)14-9-6-7-10-15(14)18-16/h5-7,9-11,13,17H,1,8H2,2-4H3. The Morgan fingerprint density at radius 1 is 1.33 bits per heavy atom. The van der Waals surface area contributed by atoms with Crippen molar-refractivity contribution in [1.29, 1.82) is 0 Å². The van der Waals surface area contributed by atoms with Crippen molar-refractivity contribution in [1.82, 2.24) is 5.32 Å². The van der Waals surface area contributed by atoms with Gasteiger partial charge in [0.1, 0.15) is 0 Å². The molecule has 18 heavy (non-hydrogen) atoms. The summed E-state index contributed by atoms with van der Waals surface area (Å²) >= 11 is 1.90. The van der Waals surface area contributed by atoms with Crippen LogP contribution < -0.4 is 5.32 Å². The maximum atomic E-state index is 3.80. The van der Waals surface area contributed by atoms with Gasteiger partial charge in [-0.2, -0.15) is 0 Å². The number of nitrogens with one attached hydrogen (secondary N) is 1. The van der Waals surface area contributed by atoms with E-state index in [0.29, 0.717) is 12.1 Å². The molecule has 2 heteroatoms. The Morgan fingerprint density at radius 3 is 2.72 bits per heavy atom. The first kappa shape index (κ1) is 13.3. The SMILES string of the molecule is C=CCC(C)NC(C)c1sc2ccccc2c1C. The first-order valence-electron chi connectivity index (χ1n) is 6.48. The maximum Gasteiger partial charge on any atom is 0.0391 e. The molecule has 0 saturated heterocycles. The first-order valence-corrected chi connectivity index (χ1v) is 7.30. The van der Waals surface area contributed by atoms with Crippen LogP contribution in [0.1, 0.15) is 36.8 Å². The Morgan fingerprint density at radius 2 is 2.06 bits per heavy atom. The summed E-state index contributed by atoms with van der Waals surface area (Å²) < 4.78 is 1.38. The topological polar surface area (TPSA) is 12.0 Å². The lowest BCUT2D eigenvalue weighted by molar-refractivity contribution is 0.486. The molecule has 2 atom stereocenters. The quantitative estimate of drug-likeness (QED) is 0.759. The van der Waals surface area contributed by atoms with Gasteiger partial charge < -0.3 is 5.32 Å². The van der Waals surface area contributed by atoms with Crippen LogP contribution in [0.15, 0.2) is 36.9 Å². The number of fused-ring (bicyclic) bond motifs is 1. The van der Waals surface area contributed by atoms with Crippen LogP contribution in [0, 0.1) is 6.92 Å². The molecule has 1 N–H and O–H groups in total. The third kappa shape index (κ3) is 2.65. The van der Waals surface area contributed by atoms with Crippen molar-refractivity contribution in [3.63, 3.8) is 0 Å². The Bertz CT molecular complexity index is 541. The van der Waals surface area contributed by atoms with E-state index in [-0.39, 0.29) is 0 Å². The predicted octanol–water partition coefficient (Wildman–Crippen LogP) is 4.82. The highest BCUT2D eigenvalue weighted by Gasteiger charge is 2.15. The molecule has 0 spiro atoms. The largest absolute Gasteiger partial charge is 0.307 e. The van der Waals surface area contributed by atoms with E-state index in [1.807, 2.05) is 17.4 Å². The molecule has 0 saturated carbocycles. The Kier molecular flexibility index (Phi) is 4.20. The summed E-state index contributed by atoms with van der Waals surface area (Å²) in [4.78, 5) is 1.45. The third-order valence-corrected chi connectivity index (χ3v) is 4.78. The van der Waals surface area contributed by atoms with Gasteiger partial charge in [-0.25, -0.2) is 0 Å². The summed E-state index contributed by atoms with van der Waals surface area (Å²) in [5, 5.41) is 5.03. The summed E-state index contributed by atoms with van der Waals surface area (Å²) in [6, 6.07) is 9.52. The second-order valence-corrected chi connectivity index (χ2v) is 5.99. The number of hydrogen-bond acceptors (Lipinski definition) is 2. The van der Waals surface area contributed by atoms with Gasteiger partial charge in [0, 0.05) is 21.7 Å². The van der Waals surface area contributed by atoms with Crippen LogP contribution in [0.4, 0.5) is 0 Å². The van der Waals surface area contributed by atoms with Crippen molar-refractivity contribution >= 4 is 21.4 Å². The third-order valence-electron chi connectivity index (χ3n) is 3.33. The van der Waals surface area contributed by atoms with Crippen molar-refractivity contribution < 1.29 is 0 Å². The van der Waals surface area contributed by atoms with E-state index in [1.165, 1.54) is 20.5 Å². The lowest BCUT2D eigenvalue weighted by Crippen LogP contribution is -2.28. The highest BCUT2D eigenvalue weighted by atomic mass is 32.1. The Balaban J connectivity index is 2.25. The fourth-order valence-electron chi connectivity index (χ4n) is 2.43. The molecule has 1 aromatic heterocycles. The van der Waals surface area contributed by atoms with E-state index in [2.05, 4.69) is 56.9 Å². The molecule has 1 nitrogen and oxygen atoms in total. The van der Waals surface area contributed by atoms with Crippen LogP contribution in [0.3, 0.4) is 0 Å². The highest BCUT2D eigenvalue weighted by Crippen LogP contribution is 2.34. The maximum absolute atomic E-state index is 3.80. The number of thiophene rings is 1. The Hall–Kier alpha value is -1.12. The smallest absolute Gasteiger partial charge is 0.0391 e. The van der Waals surface area contributed by atoms with Crippen LogP contribution in [-0.4, -0.2) is 6.04 Å². The lowest BCUT2D eigenvalue weighted by atomic mass is 10.1. The highest BCUT2D eigenvalue weighted by molar-refractivity contribution is 7.19. The molecule has 0 bridgehead atoms. The van der Waals surface area contributed by atoms with Crippen molar-refractivity contribution in [2.75, 3.05) is 0 Å². The first-order chi connectivity index (χ1) is 8.63. The van der Waals surface area contributed by atoms with Crippen LogP contribution in [-0.2, 0) is 0 Å². The van der Waals surface area contributed by atoms with E-state index in [0.717, 1.165) is 6.42 Å². The summed E-state index contributed by atoms with van der Waals surface area (Å²) in [6.07, 6.45) is 2.98. The van der Waals surface area contributed by atoms with Crippen LogP contribution in [0.5, 0.6) is 0 Å². The van der Waals surface area contributed by atoms with E-state index >= 15 is 0 Å². The minimum Gasteiger partial charge on any atom is -0.307 e. The summed E-state index contributed by atoms with van der Waals surface area (Å²) in [6.45, 7) is 10.5. The van der Waals surface area contributed by atoms with Gasteiger partial charge in [0.25, 0.3) is 0 Å². The summed E-state index contributed by atoms with van der Waals surface area (Å²) in [5.41, 5.74) is 1.42. The van der Waals surface area contributed by atoms with Gasteiger partial charge in [0.05, 0.1) is 0 Å². The molecular formula is C16H21NS. The molecule has 2 rings (SSSR count). The van der Waals surface area contributed by atoms with E-state index in [4.69, 9.17) is 0 Å². The van der Waals surface area contributed by atoms with Crippen LogP contribution in [0.2, 0.25) is 0 Å². The predicted molar refractivity (Wildman–Crippen MR) is 82.4 cm³/mol. The number of hydrogen-bond donors (Lipinski definition) is 1. The minimum atomic E-state index is 0.400. The molecule has 1 aromatic carbocycles. The van der Waals surface area contributed by atoms with Crippen molar-refractivity contribution in [2.24, 2.45) is 0 Å². The van der Waals surface area contributed by atoms with Gasteiger partial charge in [-0.3, -0.25) is 0 Å². The normalized spacial score (nSPS) is 14.6. The fraction of sp³-hybridized carbons (Fsp3) is 0.375. The van der Waals surface area contributed by atoms with E-state index < -0.39 is 0 Å². The van der Waals surface area contributed by atoms with E-state index in [1.54, 1.807) is 0 Å². The second-order valence-electron chi connectivity index (χ2n) is 4.90. The molecule has 2 unspecified atom stereocenters. The van der Waals surface area contributed by atoms with E-state index in [9.17, 15) is 0 Å². The summed E-state index contributed by atoms with van der Waals surface area (Å²) in [7, 11) is 0.